The van der Waals surface area contributed by atoms with E-state index in [1.54, 1.807) is 11.3 Å². The predicted molar refractivity (Wildman–Crippen MR) is 246 cm³/mol. The monoisotopic (exact) mass is 971 g/mol. The van der Waals surface area contributed by atoms with Crippen LogP contribution >= 0.6 is 22.9 Å². The maximum absolute atomic E-state index is 13.2. The maximum Gasteiger partial charge on any atom is 0.308 e. The molecule has 3 heterocycles. The van der Waals surface area contributed by atoms with Gasteiger partial charge < -0.3 is 43.2 Å². The topological polar surface area (TPSA) is 206 Å². The minimum Gasteiger partial charge on any atom is -0.463 e. The number of esters is 1. The average molecular weight is 973 g/mol. The molecule has 1 amide bonds. The van der Waals surface area contributed by atoms with Crippen molar-refractivity contribution in [3.8, 4) is 5.00 Å². The molecule has 4 rings (SSSR count). The molecule has 0 bridgehead atoms. The third kappa shape index (κ3) is 19.4. The number of thiophene rings is 1. The lowest BCUT2D eigenvalue weighted by molar-refractivity contribution is -0.145. The third-order valence-corrected chi connectivity index (χ3v) is 11.7. The zero-order chi connectivity index (χ0) is 47.5. The molecule has 21 heteroatoms. The lowest BCUT2D eigenvalue weighted by Crippen LogP contribution is -2.38. The summed E-state index contributed by atoms with van der Waals surface area (Å²) in [5.41, 5.74) is 3.11. The van der Waals surface area contributed by atoms with Crippen LogP contribution in [0.5, 0.6) is 0 Å². The number of aryl methyl sites for hydroxylation is 2. The Labute approximate surface area is 392 Å². The van der Waals surface area contributed by atoms with E-state index in [9.17, 15) is 18.0 Å². The van der Waals surface area contributed by atoms with Crippen LogP contribution < -0.4 is 5.32 Å². The fraction of sp³-hybridized carbons (Fsp3) is 0.659. The number of benzene rings is 1. The summed E-state index contributed by atoms with van der Waals surface area (Å²) in [4.78, 5) is 31.8. The van der Waals surface area contributed by atoms with Crippen LogP contribution in [0.2, 0.25) is 5.02 Å². The van der Waals surface area contributed by atoms with Crippen molar-refractivity contribution in [3.05, 3.63) is 62.5 Å². The molecule has 0 saturated heterocycles. The van der Waals surface area contributed by atoms with Crippen LogP contribution in [-0.4, -0.2) is 159 Å². The number of hydrogen-bond donors (Lipinski definition) is 1. The summed E-state index contributed by atoms with van der Waals surface area (Å²) >= 11 is 7.86. The van der Waals surface area contributed by atoms with Crippen molar-refractivity contribution in [2.75, 3.05) is 119 Å². The Morgan fingerprint density at radius 2 is 1.31 bits per heavy atom. The van der Waals surface area contributed by atoms with Gasteiger partial charge in [0.15, 0.2) is 5.82 Å². The maximum atomic E-state index is 13.2. The summed E-state index contributed by atoms with van der Waals surface area (Å²) in [5.74, 6) is 0.645. The summed E-state index contributed by atoms with van der Waals surface area (Å²) in [5, 5.41) is 13.3. The Kier molecular flexibility index (Phi) is 22.4. The minimum absolute atomic E-state index is 0.0324. The zero-order valence-corrected chi connectivity index (χ0v) is 41.3. The van der Waals surface area contributed by atoms with Gasteiger partial charge in [-0.15, -0.1) is 21.5 Å². The van der Waals surface area contributed by atoms with Crippen LogP contribution in [0.4, 0.5) is 0 Å². The smallest absolute Gasteiger partial charge is 0.308 e. The Balaban J connectivity index is 1.14. The Hall–Kier alpha value is -3.41. The predicted octanol–water partition coefficient (Wildman–Crippen LogP) is 4.99. The van der Waals surface area contributed by atoms with Gasteiger partial charge in [-0.2, -0.15) is 8.42 Å². The number of nitrogens with one attached hydrogen (secondary N) is 1. The number of hydrogen-bond acceptors (Lipinski definition) is 17. The van der Waals surface area contributed by atoms with E-state index in [2.05, 4.69) is 33.5 Å². The molecular formula is C44H66ClN5O13S2. The Morgan fingerprint density at radius 1 is 0.769 bits per heavy atom. The van der Waals surface area contributed by atoms with Crippen molar-refractivity contribution in [2.24, 2.45) is 15.8 Å². The molecule has 2 aromatic heterocycles. The molecule has 0 spiro atoms. The number of carbonyl (C=O) groups excluding carboxylic acids is 2. The molecular weight excluding hydrogens is 906 g/mol. The van der Waals surface area contributed by atoms with Crippen molar-refractivity contribution in [1.29, 1.82) is 0 Å². The van der Waals surface area contributed by atoms with Crippen molar-refractivity contribution >= 4 is 50.6 Å². The van der Waals surface area contributed by atoms with Gasteiger partial charge in [-0.3, -0.25) is 23.3 Å². The van der Waals surface area contributed by atoms with Gasteiger partial charge in [0.05, 0.1) is 111 Å². The van der Waals surface area contributed by atoms with Crippen LogP contribution in [0.1, 0.15) is 73.4 Å². The average Bonchev–Trinajstić information content (AvgIpc) is 3.72. The highest BCUT2D eigenvalue weighted by Gasteiger charge is 2.33. The summed E-state index contributed by atoms with van der Waals surface area (Å²) in [6, 6.07) is 6.88. The molecule has 65 heavy (non-hydrogen) atoms. The second-order valence-corrected chi connectivity index (χ2v) is 20.3. The molecule has 18 nitrogen and oxygen atoms in total. The lowest BCUT2D eigenvalue weighted by atomic mass is 9.94. The zero-order valence-electron chi connectivity index (χ0n) is 38.9. The van der Waals surface area contributed by atoms with Gasteiger partial charge in [0.25, 0.3) is 10.1 Å². The molecule has 1 aliphatic rings. The van der Waals surface area contributed by atoms with Gasteiger partial charge >= 0.3 is 5.97 Å². The first-order valence-electron chi connectivity index (χ1n) is 21.5. The van der Waals surface area contributed by atoms with Crippen LogP contribution in [-0.2, 0) is 61.8 Å². The fourth-order valence-corrected chi connectivity index (χ4v) is 7.97. The molecule has 1 aliphatic heterocycles. The summed E-state index contributed by atoms with van der Waals surface area (Å²) in [7, 11) is -3.49. The number of amides is 1. The van der Waals surface area contributed by atoms with Gasteiger partial charge in [0.2, 0.25) is 5.91 Å². The first-order chi connectivity index (χ1) is 30.9. The number of rotatable bonds is 31. The molecule has 0 saturated carbocycles. The Morgan fingerprint density at radius 3 is 1.88 bits per heavy atom. The van der Waals surface area contributed by atoms with Gasteiger partial charge in [-0.05, 0) is 43.9 Å². The molecule has 364 valence electrons. The normalized spacial score (nSPS) is 14.9. The van der Waals surface area contributed by atoms with Crippen LogP contribution in [0.3, 0.4) is 0 Å². The van der Waals surface area contributed by atoms with Crippen LogP contribution in [0, 0.1) is 31.6 Å². The second-order valence-electron chi connectivity index (χ2n) is 17.1. The number of fused-ring (bicyclic) bond motifs is 3. The van der Waals surface area contributed by atoms with Gasteiger partial charge in [-0.25, -0.2) is 0 Å². The number of aliphatic imine (C=N–C) groups is 1. The number of ether oxygens (including phenoxy) is 8. The van der Waals surface area contributed by atoms with E-state index >= 15 is 0 Å². The van der Waals surface area contributed by atoms with E-state index in [0.29, 0.717) is 69.5 Å². The van der Waals surface area contributed by atoms with Crippen LogP contribution in [0.15, 0.2) is 29.3 Å². The number of nitrogens with zero attached hydrogens (tertiary/aromatic N) is 4. The lowest BCUT2D eigenvalue weighted by Gasteiger charge is -2.29. The molecule has 2 atom stereocenters. The number of aromatic nitrogens is 3. The molecule has 1 N–H and O–H groups in total. The molecule has 0 radical (unpaired) electrons. The van der Waals surface area contributed by atoms with E-state index in [-0.39, 0.29) is 77.2 Å². The highest BCUT2D eigenvalue weighted by molar-refractivity contribution is 7.85. The van der Waals surface area contributed by atoms with Crippen LogP contribution in [0.25, 0.3) is 5.00 Å². The van der Waals surface area contributed by atoms with E-state index in [0.717, 1.165) is 38.5 Å². The molecule has 0 fully saturated rings. The third-order valence-electron chi connectivity index (χ3n) is 9.62. The fourth-order valence-electron chi connectivity index (χ4n) is 6.25. The highest BCUT2D eigenvalue weighted by atomic mass is 35.5. The molecule has 1 unspecified atom stereocenters. The van der Waals surface area contributed by atoms with Gasteiger partial charge in [-0.1, -0.05) is 51.4 Å². The van der Waals surface area contributed by atoms with Crippen molar-refractivity contribution in [3.63, 3.8) is 0 Å². The Bertz CT molecular complexity index is 2090. The number of halogens is 1. The molecule has 3 aromatic rings. The summed E-state index contributed by atoms with van der Waals surface area (Å²) < 4.78 is 73.9. The van der Waals surface area contributed by atoms with Gasteiger partial charge in [0, 0.05) is 33.0 Å². The van der Waals surface area contributed by atoms with E-state index < -0.39 is 27.5 Å². The first-order valence-corrected chi connectivity index (χ1v) is 24.5. The van der Waals surface area contributed by atoms with E-state index in [1.165, 1.54) is 0 Å². The minimum atomic E-state index is -3.49. The number of carbonyl (C=O) groups is 2. The second kappa shape index (κ2) is 26.8. The van der Waals surface area contributed by atoms with Crippen molar-refractivity contribution in [1.82, 2.24) is 20.1 Å². The SMILES string of the molecule is Cc1sc2c(c1C)C(c1ccc(Cl)cc1)=N[C@@H](CC(=O)OCCOCCOCCOCC(C)(COCCOCCOCCOS(C)(=O)=O)COCC(=O)NCC(C)(C)C)c1nnc(C)n1-2. The first kappa shape index (κ1) is 54.2. The van der Waals surface area contributed by atoms with Gasteiger partial charge in [0.1, 0.15) is 30.1 Å². The molecule has 0 aliphatic carbocycles. The van der Waals surface area contributed by atoms with Crippen molar-refractivity contribution in [2.45, 2.75) is 60.9 Å². The highest BCUT2D eigenvalue weighted by Crippen LogP contribution is 2.39. The summed E-state index contributed by atoms with van der Waals surface area (Å²) in [6.45, 7) is 18.1. The largest absolute Gasteiger partial charge is 0.463 e. The quantitative estimate of drug-likeness (QED) is 0.0512. The standard InChI is InChI=1S/C44H66ClN5O13S2/c1-31-32(2)64-42-39(31)40(34-9-11-35(45)12-10-34)47-36(41-49-48-33(3)50(41)42)25-38(52)62-23-21-57-15-13-55-17-19-59-28-44(7,30-61-26-37(51)46-27-43(4,5)6)29-60-20-18-56-14-16-58-22-24-63-65(8,53)54/h9-12,36H,13-30H2,1-8H3,(H,46,51)/t36-,44?/m0/s1. The van der Waals surface area contributed by atoms with E-state index in [4.69, 9.17) is 54.5 Å². The molecule has 1 aromatic carbocycles. The van der Waals surface area contributed by atoms with Crippen molar-refractivity contribution < 1.29 is 60.1 Å². The summed E-state index contributed by atoms with van der Waals surface area (Å²) in [6.07, 6.45) is 0.950. The van der Waals surface area contributed by atoms with E-state index in [1.807, 2.05) is 63.5 Å².